The molecule has 0 atom stereocenters. The number of aromatic nitrogens is 1. The van der Waals surface area contributed by atoms with E-state index in [4.69, 9.17) is 4.74 Å². The molecule has 0 fully saturated rings. The number of anilines is 1. The third-order valence-corrected chi connectivity index (χ3v) is 3.15. The predicted octanol–water partition coefficient (Wildman–Crippen LogP) is 2.75. The first-order valence-electron chi connectivity index (χ1n) is 7.42. The number of rotatable bonds is 8. The maximum Gasteiger partial charge on any atom is 0.128 e. The quantitative estimate of drug-likeness (QED) is 0.794. The van der Waals surface area contributed by atoms with E-state index < -0.39 is 0 Å². The second kappa shape index (κ2) is 8.22. The van der Waals surface area contributed by atoms with Gasteiger partial charge in [0, 0.05) is 31.9 Å². The average Bonchev–Trinajstić information content (AvgIpc) is 2.36. The Morgan fingerprint density at radius 1 is 1.25 bits per heavy atom. The third kappa shape index (κ3) is 5.88. The Morgan fingerprint density at radius 2 is 1.95 bits per heavy atom. The van der Waals surface area contributed by atoms with Crippen LogP contribution in [0.3, 0.4) is 0 Å². The summed E-state index contributed by atoms with van der Waals surface area (Å²) in [5, 5.41) is 3.42. The van der Waals surface area contributed by atoms with Gasteiger partial charge >= 0.3 is 0 Å². The summed E-state index contributed by atoms with van der Waals surface area (Å²) in [6.45, 7) is 12.9. The molecule has 0 aliphatic carbocycles. The van der Waals surface area contributed by atoms with Gasteiger partial charge in [-0.1, -0.05) is 19.9 Å². The number of nitrogens with one attached hydrogen (secondary N) is 1. The average molecular weight is 279 g/mol. The molecule has 0 aromatic carbocycles. The maximum atomic E-state index is 5.57. The minimum absolute atomic E-state index is 0.280. The Bertz CT molecular complexity index is 405. The smallest absolute Gasteiger partial charge is 0.128 e. The van der Waals surface area contributed by atoms with Gasteiger partial charge in [0.25, 0.3) is 0 Å². The summed E-state index contributed by atoms with van der Waals surface area (Å²) in [6.07, 6.45) is 0.280. The fraction of sp³-hybridized carbons (Fsp3) is 0.688. The van der Waals surface area contributed by atoms with Crippen molar-refractivity contribution < 1.29 is 4.74 Å². The number of hydrogen-bond acceptors (Lipinski definition) is 4. The molecule has 0 aliphatic rings. The van der Waals surface area contributed by atoms with Crippen LogP contribution in [0.25, 0.3) is 0 Å². The highest BCUT2D eigenvalue weighted by molar-refractivity contribution is 5.40. The Labute approximate surface area is 123 Å². The Hall–Kier alpha value is -1.13. The van der Waals surface area contributed by atoms with Crippen molar-refractivity contribution in [2.45, 2.75) is 53.3 Å². The van der Waals surface area contributed by atoms with Crippen LogP contribution in [0.5, 0.6) is 0 Å². The van der Waals surface area contributed by atoms with E-state index in [1.165, 1.54) is 5.56 Å². The molecule has 4 nitrogen and oxygen atoms in total. The van der Waals surface area contributed by atoms with Crippen molar-refractivity contribution in [3.05, 3.63) is 23.4 Å². The Kier molecular flexibility index (Phi) is 6.96. The van der Waals surface area contributed by atoms with Gasteiger partial charge < -0.3 is 15.0 Å². The van der Waals surface area contributed by atoms with E-state index in [2.05, 4.69) is 69.0 Å². The molecular weight excluding hydrogens is 250 g/mol. The molecule has 1 aromatic heterocycles. The fourth-order valence-corrected chi connectivity index (χ4v) is 1.83. The van der Waals surface area contributed by atoms with Gasteiger partial charge in [-0.25, -0.2) is 4.98 Å². The summed E-state index contributed by atoms with van der Waals surface area (Å²) < 4.78 is 5.57. The van der Waals surface area contributed by atoms with Crippen molar-refractivity contribution >= 4 is 5.82 Å². The van der Waals surface area contributed by atoms with Crippen LogP contribution in [-0.2, 0) is 11.3 Å². The molecule has 0 spiro atoms. The van der Waals surface area contributed by atoms with Gasteiger partial charge in [-0.05, 0) is 32.4 Å². The minimum atomic E-state index is 0.280. The molecule has 1 heterocycles. The van der Waals surface area contributed by atoms with Crippen LogP contribution < -0.4 is 10.2 Å². The largest absolute Gasteiger partial charge is 0.377 e. The highest BCUT2D eigenvalue weighted by Crippen LogP contribution is 2.13. The summed E-state index contributed by atoms with van der Waals surface area (Å²) in [5.74, 6) is 1.00. The molecule has 0 saturated carbocycles. The van der Waals surface area contributed by atoms with Crippen molar-refractivity contribution in [2.24, 2.45) is 0 Å². The van der Waals surface area contributed by atoms with Crippen LogP contribution >= 0.6 is 0 Å². The van der Waals surface area contributed by atoms with Gasteiger partial charge in [0.1, 0.15) is 5.82 Å². The van der Waals surface area contributed by atoms with Crippen LogP contribution in [0.2, 0.25) is 0 Å². The standard InChI is InChI=1S/C16H29N3O/c1-12(2)17-11-15-7-8-16(18-14(15)5)19(6)9-10-20-13(3)4/h7-8,12-13,17H,9-11H2,1-6H3. The van der Waals surface area contributed by atoms with Crippen LogP contribution in [0, 0.1) is 6.92 Å². The zero-order valence-electron chi connectivity index (χ0n) is 13.7. The summed E-state index contributed by atoms with van der Waals surface area (Å²) in [4.78, 5) is 6.81. The first kappa shape index (κ1) is 16.9. The second-order valence-electron chi connectivity index (χ2n) is 5.79. The molecule has 1 N–H and O–H groups in total. The van der Waals surface area contributed by atoms with Crippen molar-refractivity contribution in [3.63, 3.8) is 0 Å². The maximum absolute atomic E-state index is 5.57. The van der Waals surface area contributed by atoms with Crippen molar-refractivity contribution in [1.82, 2.24) is 10.3 Å². The van der Waals surface area contributed by atoms with Crippen molar-refractivity contribution in [1.29, 1.82) is 0 Å². The minimum Gasteiger partial charge on any atom is -0.377 e. The lowest BCUT2D eigenvalue weighted by molar-refractivity contribution is 0.0845. The number of hydrogen-bond donors (Lipinski definition) is 1. The molecule has 1 aromatic rings. The molecule has 20 heavy (non-hydrogen) atoms. The van der Waals surface area contributed by atoms with Gasteiger partial charge in [-0.15, -0.1) is 0 Å². The number of pyridine rings is 1. The number of aryl methyl sites for hydroxylation is 1. The molecular formula is C16H29N3O. The van der Waals surface area contributed by atoms with Gasteiger partial charge in [0.2, 0.25) is 0 Å². The number of nitrogens with zero attached hydrogens (tertiary/aromatic N) is 2. The Balaban J connectivity index is 2.57. The molecule has 0 radical (unpaired) electrons. The third-order valence-electron chi connectivity index (χ3n) is 3.15. The van der Waals surface area contributed by atoms with E-state index in [1.807, 2.05) is 0 Å². The lowest BCUT2D eigenvalue weighted by Gasteiger charge is -2.20. The van der Waals surface area contributed by atoms with Crippen LogP contribution in [-0.4, -0.2) is 37.3 Å². The molecule has 0 unspecified atom stereocenters. The van der Waals surface area contributed by atoms with Gasteiger partial charge in [-0.2, -0.15) is 0 Å². The Morgan fingerprint density at radius 3 is 2.50 bits per heavy atom. The first-order valence-corrected chi connectivity index (χ1v) is 7.42. The van der Waals surface area contributed by atoms with E-state index >= 15 is 0 Å². The zero-order valence-corrected chi connectivity index (χ0v) is 13.7. The molecule has 0 aliphatic heterocycles. The molecule has 1 rings (SSSR count). The van der Waals surface area contributed by atoms with E-state index in [1.54, 1.807) is 0 Å². The zero-order chi connectivity index (χ0) is 15.1. The second-order valence-corrected chi connectivity index (χ2v) is 5.79. The summed E-state index contributed by atoms with van der Waals surface area (Å²) in [7, 11) is 2.05. The summed E-state index contributed by atoms with van der Waals surface area (Å²) in [6, 6.07) is 4.73. The van der Waals surface area contributed by atoms with E-state index in [0.717, 1.165) is 31.2 Å². The van der Waals surface area contributed by atoms with Crippen LogP contribution in [0.15, 0.2) is 12.1 Å². The molecule has 114 valence electrons. The lowest BCUT2D eigenvalue weighted by Crippen LogP contribution is -2.25. The van der Waals surface area contributed by atoms with E-state index in [-0.39, 0.29) is 6.10 Å². The molecule has 0 bridgehead atoms. The van der Waals surface area contributed by atoms with Gasteiger partial charge in [0.05, 0.1) is 12.7 Å². The lowest BCUT2D eigenvalue weighted by atomic mass is 10.2. The predicted molar refractivity (Wildman–Crippen MR) is 85.3 cm³/mol. The monoisotopic (exact) mass is 279 g/mol. The summed E-state index contributed by atoms with van der Waals surface area (Å²) >= 11 is 0. The fourth-order valence-electron chi connectivity index (χ4n) is 1.83. The normalized spacial score (nSPS) is 11.4. The molecule has 0 saturated heterocycles. The van der Waals surface area contributed by atoms with Gasteiger partial charge in [0.15, 0.2) is 0 Å². The topological polar surface area (TPSA) is 37.4 Å². The van der Waals surface area contributed by atoms with E-state index in [9.17, 15) is 0 Å². The highest BCUT2D eigenvalue weighted by Gasteiger charge is 2.06. The van der Waals surface area contributed by atoms with Gasteiger partial charge in [-0.3, -0.25) is 0 Å². The number of likely N-dealkylation sites (N-methyl/N-ethyl adjacent to an activating group) is 1. The molecule has 0 amide bonds. The highest BCUT2D eigenvalue weighted by atomic mass is 16.5. The summed E-state index contributed by atoms with van der Waals surface area (Å²) in [5.41, 5.74) is 2.35. The number of ether oxygens (including phenoxy) is 1. The van der Waals surface area contributed by atoms with Crippen molar-refractivity contribution in [3.8, 4) is 0 Å². The van der Waals surface area contributed by atoms with Crippen molar-refractivity contribution in [2.75, 3.05) is 25.1 Å². The first-order chi connectivity index (χ1) is 9.40. The van der Waals surface area contributed by atoms with E-state index in [0.29, 0.717) is 6.04 Å². The SMILES string of the molecule is Cc1nc(N(C)CCOC(C)C)ccc1CNC(C)C. The van der Waals surface area contributed by atoms with Crippen LogP contribution in [0.1, 0.15) is 39.0 Å². The molecule has 4 heteroatoms. The van der Waals surface area contributed by atoms with Crippen LogP contribution in [0.4, 0.5) is 5.82 Å².